The first-order chi connectivity index (χ1) is 16.2. The Balaban J connectivity index is 1.94. The van der Waals surface area contributed by atoms with E-state index in [2.05, 4.69) is 4.98 Å². The molecule has 2 heterocycles. The van der Waals surface area contributed by atoms with Gasteiger partial charge >= 0.3 is 0 Å². The van der Waals surface area contributed by atoms with Crippen LogP contribution in [0.4, 0.5) is 0 Å². The molecule has 2 aromatic carbocycles. The van der Waals surface area contributed by atoms with Crippen molar-refractivity contribution in [3.8, 4) is 17.7 Å². The minimum absolute atomic E-state index is 0.0449. The largest absolute Gasteiger partial charge is 0.438 e. The summed E-state index contributed by atoms with van der Waals surface area (Å²) in [5.74, 6) is 0.354. The molecule has 7 nitrogen and oxygen atoms in total. The van der Waals surface area contributed by atoms with Crippen LogP contribution in [0.3, 0.4) is 0 Å². The molecular formula is C26H21N3O4S. The lowest BCUT2D eigenvalue weighted by molar-refractivity contribution is 0.460. The number of hydrogen-bond donors (Lipinski definition) is 0. The third-order valence-electron chi connectivity index (χ3n) is 5.15. The summed E-state index contributed by atoms with van der Waals surface area (Å²) in [6.45, 7) is 5.65. The maximum absolute atomic E-state index is 13.3. The maximum Gasteiger partial charge on any atom is 0.269 e. The zero-order chi connectivity index (χ0) is 24.5. The fourth-order valence-electron chi connectivity index (χ4n) is 3.53. The second-order valence-corrected chi connectivity index (χ2v) is 9.85. The smallest absolute Gasteiger partial charge is 0.269 e. The highest BCUT2D eigenvalue weighted by molar-refractivity contribution is 7.95. The van der Waals surface area contributed by atoms with Crippen LogP contribution < -0.4 is 10.3 Å². The first kappa shape index (κ1) is 23.0. The molecule has 0 unspecified atom stereocenters. The van der Waals surface area contributed by atoms with Crippen molar-refractivity contribution in [1.82, 2.24) is 9.38 Å². The van der Waals surface area contributed by atoms with Gasteiger partial charge in [0.15, 0.2) is 0 Å². The van der Waals surface area contributed by atoms with E-state index < -0.39 is 20.3 Å². The zero-order valence-corrected chi connectivity index (χ0v) is 19.6. The summed E-state index contributed by atoms with van der Waals surface area (Å²) in [6, 6.07) is 18.4. The molecule has 0 aliphatic rings. The number of allylic oxidation sites excluding steroid dienone is 1. The van der Waals surface area contributed by atoms with Crippen LogP contribution in [0.5, 0.6) is 11.6 Å². The number of pyridine rings is 1. The molecule has 0 aliphatic heterocycles. The summed E-state index contributed by atoms with van der Waals surface area (Å²) in [4.78, 5) is 17.1. The molecule has 0 fully saturated rings. The van der Waals surface area contributed by atoms with Gasteiger partial charge in [-0.2, -0.15) is 10.2 Å². The van der Waals surface area contributed by atoms with E-state index in [9.17, 15) is 18.5 Å². The van der Waals surface area contributed by atoms with Gasteiger partial charge in [0, 0.05) is 6.20 Å². The number of hydrogen-bond acceptors (Lipinski definition) is 6. The standard InChI is InChI=1S/C26H21N3O4S/c1-17-7-9-21(10-8-17)34(31,32)22(16-27)15-23-25(33-20-13-18(2)12-19(3)14-20)28-24-6-4-5-11-29(24)26(23)30/h4-15H,1-3H3. The monoisotopic (exact) mass is 471 g/mol. The van der Waals surface area contributed by atoms with Crippen molar-refractivity contribution < 1.29 is 13.2 Å². The van der Waals surface area contributed by atoms with Crippen molar-refractivity contribution in [2.75, 3.05) is 0 Å². The van der Waals surface area contributed by atoms with Crippen molar-refractivity contribution >= 4 is 21.6 Å². The molecule has 0 bridgehead atoms. The molecule has 170 valence electrons. The van der Waals surface area contributed by atoms with Crippen molar-refractivity contribution in [2.24, 2.45) is 0 Å². The lowest BCUT2D eigenvalue weighted by Gasteiger charge is -2.11. The molecule has 0 amide bonds. The molecule has 0 radical (unpaired) electrons. The topological polar surface area (TPSA) is 102 Å². The summed E-state index contributed by atoms with van der Waals surface area (Å²) in [5, 5.41) is 9.73. The molecule has 0 N–H and O–H groups in total. The van der Waals surface area contributed by atoms with Crippen LogP contribution in [0.15, 0.2) is 81.5 Å². The summed E-state index contributed by atoms with van der Waals surface area (Å²) >= 11 is 0. The average molecular weight is 472 g/mol. The third-order valence-corrected chi connectivity index (χ3v) is 6.83. The Bertz CT molecular complexity index is 1620. The van der Waals surface area contributed by atoms with Crippen LogP contribution in [-0.2, 0) is 9.84 Å². The van der Waals surface area contributed by atoms with Crippen LogP contribution in [0.1, 0.15) is 22.3 Å². The number of nitriles is 1. The Kier molecular flexibility index (Phi) is 6.05. The van der Waals surface area contributed by atoms with E-state index in [1.807, 2.05) is 26.8 Å². The third kappa shape index (κ3) is 4.47. The summed E-state index contributed by atoms with van der Waals surface area (Å²) in [5.41, 5.74) is 2.40. The number of rotatable bonds is 5. The van der Waals surface area contributed by atoms with Gasteiger partial charge in [0.05, 0.1) is 4.90 Å². The lowest BCUT2D eigenvalue weighted by atomic mass is 10.1. The molecule has 0 saturated heterocycles. The molecule has 34 heavy (non-hydrogen) atoms. The Morgan fingerprint density at radius 2 is 1.68 bits per heavy atom. The van der Waals surface area contributed by atoms with Crippen molar-refractivity contribution in [1.29, 1.82) is 5.26 Å². The van der Waals surface area contributed by atoms with Crippen LogP contribution in [0.2, 0.25) is 0 Å². The Hall–Kier alpha value is -4.22. The summed E-state index contributed by atoms with van der Waals surface area (Å²) in [6.07, 6.45) is 2.55. The predicted octanol–water partition coefficient (Wildman–Crippen LogP) is 4.75. The Morgan fingerprint density at radius 3 is 2.32 bits per heavy atom. The van der Waals surface area contributed by atoms with Crippen molar-refractivity contribution in [3.05, 3.63) is 104 Å². The first-order valence-corrected chi connectivity index (χ1v) is 11.9. The number of benzene rings is 2. The Morgan fingerprint density at radius 1 is 1.00 bits per heavy atom. The van der Waals surface area contributed by atoms with Gasteiger partial charge in [-0.25, -0.2) is 8.42 Å². The molecule has 0 saturated carbocycles. The van der Waals surface area contributed by atoms with E-state index in [-0.39, 0.29) is 16.3 Å². The molecule has 0 atom stereocenters. The second kappa shape index (κ2) is 8.96. The Labute approximate surface area is 197 Å². The minimum Gasteiger partial charge on any atom is -0.438 e. The number of aromatic nitrogens is 2. The summed E-state index contributed by atoms with van der Waals surface area (Å²) in [7, 11) is -4.17. The van der Waals surface area contributed by atoms with Gasteiger partial charge in [0.2, 0.25) is 15.7 Å². The molecule has 4 aromatic rings. The van der Waals surface area contributed by atoms with E-state index in [0.29, 0.717) is 11.4 Å². The lowest BCUT2D eigenvalue weighted by Crippen LogP contribution is -2.19. The summed E-state index contributed by atoms with van der Waals surface area (Å²) < 4.78 is 33.5. The van der Waals surface area contributed by atoms with Gasteiger partial charge in [-0.05, 0) is 74.4 Å². The molecular weight excluding hydrogens is 450 g/mol. The van der Waals surface area contributed by atoms with Crippen LogP contribution in [-0.4, -0.2) is 17.8 Å². The van der Waals surface area contributed by atoms with Crippen LogP contribution in [0, 0.1) is 32.1 Å². The van der Waals surface area contributed by atoms with Crippen LogP contribution in [0.25, 0.3) is 11.7 Å². The SMILES string of the molecule is Cc1ccc(S(=O)(=O)C(C#N)=Cc2c(Oc3cc(C)cc(C)c3)nc3ccccn3c2=O)cc1. The molecule has 4 rings (SSSR count). The maximum atomic E-state index is 13.3. The second-order valence-electron chi connectivity index (χ2n) is 7.93. The number of sulfone groups is 1. The molecule has 0 aliphatic carbocycles. The van der Waals surface area contributed by atoms with E-state index in [0.717, 1.165) is 22.8 Å². The highest BCUT2D eigenvalue weighted by atomic mass is 32.2. The van der Waals surface area contributed by atoms with Crippen molar-refractivity contribution in [3.63, 3.8) is 0 Å². The van der Waals surface area contributed by atoms with E-state index in [4.69, 9.17) is 4.74 Å². The normalized spacial score (nSPS) is 11.9. The minimum atomic E-state index is -4.17. The van der Waals surface area contributed by atoms with Gasteiger partial charge in [-0.15, -0.1) is 0 Å². The highest BCUT2D eigenvalue weighted by Gasteiger charge is 2.23. The van der Waals surface area contributed by atoms with Gasteiger partial charge in [-0.3, -0.25) is 9.20 Å². The van der Waals surface area contributed by atoms with E-state index >= 15 is 0 Å². The van der Waals surface area contributed by atoms with E-state index in [1.54, 1.807) is 48.5 Å². The van der Waals surface area contributed by atoms with Crippen LogP contribution >= 0.6 is 0 Å². The number of ether oxygens (including phenoxy) is 1. The molecule has 2 aromatic heterocycles. The fraction of sp³-hybridized carbons (Fsp3) is 0.115. The predicted molar refractivity (Wildman–Crippen MR) is 129 cm³/mol. The fourth-order valence-corrected chi connectivity index (χ4v) is 4.67. The van der Waals surface area contributed by atoms with Gasteiger partial charge in [0.1, 0.15) is 27.9 Å². The van der Waals surface area contributed by atoms with E-state index in [1.165, 1.54) is 22.7 Å². The quantitative estimate of drug-likeness (QED) is 0.389. The van der Waals surface area contributed by atoms with Gasteiger partial charge in [-0.1, -0.05) is 29.8 Å². The number of nitrogens with zero attached hydrogens (tertiary/aromatic N) is 3. The molecule has 0 spiro atoms. The first-order valence-electron chi connectivity index (χ1n) is 10.4. The zero-order valence-electron chi connectivity index (χ0n) is 18.8. The number of aryl methyl sites for hydroxylation is 3. The highest BCUT2D eigenvalue weighted by Crippen LogP contribution is 2.28. The molecule has 8 heteroatoms. The van der Waals surface area contributed by atoms with Crippen molar-refractivity contribution in [2.45, 2.75) is 25.7 Å². The van der Waals surface area contributed by atoms with Gasteiger partial charge in [0.25, 0.3) is 5.56 Å². The number of fused-ring (bicyclic) bond motifs is 1. The average Bonchev–Trinajstić information content (AvgIpc) is 2.78. The van der Waals surface area contributed by atoms with Gasteiger partial charge < -0.3 is 4.74 Å².